The molecule has 0 spiro atoms. The molecule has 1 amide bonds. The average molecular weight is 500 g/mol. The fourth-order valence-electron chi connectivity index (χ4n) is 4.49. The Balaban J connectivity index is 1.42. The summed E-state index contributed by atoms with van der Waals surface area (Å²) < 4.78 is 73.8. The van der Waals surface area contributed by atoms with Gasteiger partial charge < -0.3 is 14.2 Å². The first-order chi connectivity index (χ1) is 15.7. The molecule has 1 aromatic carbocycles. The first-order valence-electron chi connectivity index (χ1n) is 10.9. The molecule has 0 radical (unpaired) electrons. The molecule has 5 rings (SSSR count). The fraction of sp³-hybridized carbons (Fsp3) is 0.591. The summed E-state index contributed by atoms with van der Waals surface area (Å²) in [4.78, 5) is 19.3. The van der Waals surface area contributed by atoms with Gasteiger partial charge in [0, 0.05) is 24.8 Å². The lowest BCUT2D eigenvalue weighted by molar-refractivity contribution is -0.189. The van der Waals surface area contributed by atoms with Crippen molar-refractivity contribution in [2.24, 2.45) is 5.92 Å². The van der Waals surface area contributed by atoms with Crippen LogP contribution in [0.4, 0.5) is 13.2 Å². The van der Waals surface area contributed by atoms with Crippen LogP contribution in [0.3, 0.4) is 0 Å². The molecule has 2 unspecified atom stereocenters. The topological polar surface area (TPSA) is 103 Å². The first-order valence-corrected chi connectivity index (χ1v) is 12.8. The molecule has 1 aromatic heterocycles. The molecule has 3 atom stereocenters. The average Bonchev–Trinajstić information content (AvgIpc) is 3.52. The van der Waals surface area contributed by atoms with Crippen molar-refractivity contribution in [2.45, 2.75) is 61.1 Å². The number of likely N-dealkylation sites (tertiary alicyclic amines) is 1. The molecule has 1 aliphatic heterocycles. The molecule has 1 saturated heterocycles. The molecule has 3 fully saturated rings. The minimum atomic E-state index is -4.65. The van der Waals surface area contributed by atoms with E-state index >= 15 is 0 Å². The van der Waals surface area contributed by atoms with E-state index in [1.165, 1.54) is 4.90 Å². The van der Waals surface area contributed by atoms with E-state index in [0.29, 0.717) is 18.3 Å². The van der Waals surface area contributed by atoms with E-state index in [9.17, 15) is 26.4 Å². The summed E-state index contributed by atoms with van der Waals surface area (Å²) in [6, 6.07) is 3.31. The number of sulfone groups is 1. The van der Waals surface area contributed by atoms with E-state index in [2.05, 4.69) is 17.1 Å². The largest absolute Gasteiger partial charge is 0.480 e. The van der Waals surface area contributed by atoms with Crippen molar-refractivity contribution in [2.75, 3.05) is 19.3 Å². The SMILES string of the molecule is C[C@@H](Oc1ccc(S(C)(=O)=O)cc1C(=O)N1CC2CC2(c2noc(C3(C)CC3)n2)C1)C(F)(F)F. The van der Waals surface area contributed by atoms with E-state index < -0.39 is 33.4 Å². The third kappa shape index (κ3) is 3.85. The molecule has 184 valence electrons. The number of fused-ring (bicyclic) bond motifs is 1. The smallest absolute Gasteiger partial charge is 0.425 e. The molecule has 0 N–H and O–H groups in total. The van der Waals surface area contributed by atoms with E-state index in [0.717, 1.165) is 50.6 Å². The maximum atomic E-state index is 13.4. The Bertz CT molecular complexity index is 1270. The summed E-state index contributed by atoms with van der Waals surface area (Å²) in [5, 5.41) is 4.16. The highest BCUT2D eigenvalue weighted by molar-refractivity contribution is 7.90. The summed E-state index contributed by atoms with van der Waals surface area (Å²) >= 11 is 0. The molecular formula is C22H24F3N3O5S. The summed E-state index contributed by atoms with van der Waals surface area (Å²) in [6.45, 7) is 3.50. The lowest BCUT2D eigenvalue weighted by Crippen LogP contribution is -2.35. The Labute approximate surface area is 194 Å². The number of hydrogen-bond acceptors (Lipinski definition) is 7. The Kier molecular flexibility index (Phi) is 4.89. The van der Waals surface area contributed by atoms with Gasteiger partial charge in [-0.2, -0.15) is 18.2 Å². The number of carbonyl (C=O) groups is 1. The van der Waals surface area contributed by atoms with E-state index in [-0.39, 0.29) is 34.1 Å². The number of alkyl halides is 3. The number of carbonyl (C=O) groups excluding carboxylic acids is 1. The summed E-state index contributed by atoms with van der Waals surface area (Å²) in [7, 11) is -3.70. The number of piperidine rings is 1. The van der Waals surface area contributed by atoms with Crippen molar-refractivity contribution in [3.8, 4) is 5.75 Å². The van der Waals surface area contributed by atoms with Crippen LogP contribution < -0.4 is 4.74 Å². The molecule has 2 saturated carbocycles. The van der Waals surface area contributed by atoms with Gasteiger partial charge in [0.15, 0.2) is 21.8 Å². The summed E-state index contributed by atoms with van der Waals surface area (Å²) in [5.41, 5.74) is -0.764. The number of halogens is 3. The van der Waals surface area contributed by atoms with Crippen LogP contribution in [0.1, 0.15) is 55.2 Å². The van der Waals surface area contributed by atoms with E-state index in [1.807, 2.05) is 0 Å². The minimum Gasteiger partial charge on any atom is -0.480 e. The van der Waals surface area contributed by atoms with Gasteiger partial charge in [0.25, 0.3) is 5.91 Å². The van der Waals surface area contributed by atoms with Crippen molar-refractivity contribution in [1.29, 1.82) is 0 Å². The highest BCUT2D eigenvalue weighted by atomic mass is 32.2. The minimum absolute atomic E-state index is 0.0894. The number of amides is 1. The van der Waals surface area contributed by atoms with Crippen LogP contribution in [0.5, 0.6) is 5.75 Å². The van der Waals surface area contributed by atoms with E-state index in [4.69, 9.17) is 9.26 Å². The number of aromatic nitrogens is 2. The lowest BCUT2D eigenvalue weighted by Gasteiger charge is -2.24. The molecule has 2 aliphatic carbocycles. The Morgan fingerprint density at radius 3 is 2.65 bits per heavy atom. The highest BCUT2D eigenvalue weighted by Gasteiger charge is 2.65. The molecule has 2 heterocycles. The maximum absolute atomic E-state index is 13.4. The Morgan fingerprint density at radius 2 is 2.03 bits per heavy atom. The molecule has 3 aliphatic rings. The van der Waals surface area contributed by atoms with Crippen LogP contribution in [0.25, 0.3) is 0 Å². The Morgan fingerprint density at radius 1 is 1.32 bits per heavy atom. The number of ether oxygens (including phenoxy) is 1. The van der Waals surface area contributed by atoms with E-state index in [1.54, 1.807) is 0 Å². The third-order valence-electron chi connectivity index (χ3n) is 7.19. The predicted molar refractivity (Wildman–Crippen MR) is 112 cm³/mol. The molecule has 2 aromatic rings. The summed E-state index contributed by atoms with van der Waals surface area (Å²) in [5.74, 6) is 0.318. The van der Waals surface area contributed by atoms with Gasteiger partial charge >= 0.3 is 6.18 Å². The molecule has 8 nitrogen and oxygen atoms in total. The van der Waals surface area contributed by atoms with Gasteiger partial charge in [0.2, 0.25) is 5.89 Å². The van der Waals surface area contributed by atoms with Gasteiger partial charge in [-0.1, -0.05) is 12.1 Å². The standard InChI is InChI=1S/C22H24F3N3O5S/c1-12(22(23,24)25)32-16-5-4-14(34(3,30)31)8-15(16)17(29)28-10-13-9-21(13,11-28)18-26-19(33-27-18)20(2)6-7-20/h4-5,8,12-13H,6-7,9-11H2,1-3H3/t12-,13?,21?/m1/s1. The van der Waals surface area contributed by atoms with Crippen LogP contribution in [0.2, 0.25) is 0 Å². The van der Waals surface area contributed by atoms with Crippen molar-refractivity contribution < 1.29 is 35.6 Å². The van der Waals surface area contributed by atoms with Gasteiger partial charge in [-0.05, 0) is 50.3 Å². The first kappa shape index (κ1) is 23.1. The summed E-state index contributed by atoms with van der Waals surface area (Å²) in [6.07, 6.45) is -3.13. The van der Waals surface area contributed by atoms with Crippen LogP contribution in [0.15, 0.2) is 27.6 Å². The number of hydrogen-bond donors (Lipinski definition) is 0. The van der Waals surface area contributed by atoms with Crippen molar-refractivity contribution in [3.63, 3.8) is 0 Å². The van der Waals surface area contributed by atoms with Gasteiger partial charge in [-0.15, -0.1) is 0 Å². The van der Waals surface area contributed by atoms with Gasteiger partial charge in [0.1, 0.15) is 5.75 Å². The zero-order valence-corrected chi connectivity index (χ0v) is 19.7. The second kappa shape index (κ2) is 7.19. The predicted octanol–water partition coefficient (Wildman–Crippen LogP) is 3.27. The third-order valence-corrected chi connectivity index (χ3v) is 8.31. The van der Waals surface area contributed by atoms with Gasteiger partial charge in [0.05, 0.1) is 15.9 Å². The Hall–Kier alpha value is -2.63. The van der Waals surface area contributed by atoms with Gasteiger partial charge in [-0.3, -0.25) is 4.79 Å². The molecule has 34 heavy (non-hydrogen) atoms. The van der Waals surface area contributed by atoms with Crippen molar-refractivity contribution >= 4 is 15.7 Å². The quantitative estimate of drug-likeness (QED) is 0.601. The molecular weight excluding hydrogens is 475 g/mol. The molecule has 0 bridgehead atoms. The normalized spacial score (nSPS) is 26.2. The number of nitrogens with zero attached hydrogens (tertiary/aromatic N) is 3. The number of benzene rings is 1. The van der Waals surface area contributed by atoms with Crippen LogP contribution >= 0.6 is 0 Å². The van der Waals surface area contributed by atoms with Crippen molar-refractivity contribution in [1.82, 2.24) is 15.0 Å². The second-order valence-electron chi connectivity index (χ2n) is 9.96. The fourth-order valence-corrected chi connectivity index (χ4v) is 5.14. The monoisotopic (exact) mass is 499 g/mol. The van der Waals surface area contributed by atoms with Crippen LogP contribution in [-0.2, 0) is 20.7 Å². The zero-order valence-electron chi connectivity index (χ0n) is 18.8. The molecule has 12 heteroatoms. The van der Waals surface area contributed by atoms with Crippen LogP contribution in [-0.4, -0.2) is 61.0 Å². The lowest BCUT2D eigenvalue weighted by atomic mass is 10.1. The second-order valence-corrected chi connectivity index (χ2v) is 12.0. The zero-order chi connectivity index (χ0) is 24.7. The number of rotatable bonds is 6. The maximum Gasteiger partial charge on any atom is 0.425 e. The highest BCUT2D eigenvalue weighted by Crippen LogP contribution is 2.59. The van der Waals surface area contributed by atoms with Gasteiger partial charge in [-0.25, -0.2) is 8.42 Å². The van der Waals surface area contributed by atoms with Crippen LogP contribution in [0, 0.1) is 5.92 Å². The van der Waals surface area contributed by atoms with Crippen molar-refractivity contribution in [3.05, 3.63) is 35.5 Å².